The predicted molar refractivity (Wildman–Crippen MR) is 109 cm³/mol. The molecule has 0 atom stereocenters. The van der Waals surface area contributed by atoms with Crippen LogP contribution in [0.25, 0.3) is 0 Å². The van der Waals surface area contributed by atoms with Crippen molar-refractivity contribution in [3.05, 3.63) is 57.0 Å². The second-order valence-corrected chi connectivity index (χ2v) is 6.68. The topological polar surface area (TPSA) is 62.6 Å². The maximum absolute atomic E-state index is 12.2. The van der Waals surface area contributed by atoms with Gasteiger partial charge in [-0.2, -0.15) is 5.10 Å². The summed E-state index contributed by atoms with van der Waals surface area (Å²) in [7, 11) is 0. The minimum atomic E-state index is -0.319. The van der Waals surface area contributed by atoms with E-state index in [1.807, 2.05) is 47.3 Å². The third kappa shape index (κ3) is 6.53. The first-order valence-corrected chi connectivity index (χ1v) is 9.69. The van der Waals surface area contributed by atoms with E-state index in [-0.39, 0.29) is 10.6 Å². The SMILES string of the molecule is CCCCn1ncc(OCc2ccc(COCCOI)cc2)c(Cl)c1=O. The maximum atomic E-state index is 12.2. The van der Waals surface area contributed by atoms with Crippen LogP contribution in [0.1, 0.15) is 30.9 Å². The molecule has 2 rings (SSSR count). The number of aromatic nitrogens is 2. The Morgan fingerprint density at radius 2 is 1.85 bits per heavy atom. The van der Waals surface area contributed by atoms with Crippen molar-refractivity contribution >= 4 is 34.6 Å². The molecule has 0 saturated carbocycles. The van der Waals surface area contributed by atoms with Gasteiger partial charge in [-0.25, -0.2) is 4.68 Å². The first-order chi connectivity index (χ1) is 12.7. The van der Waals surface area contributed by atoms with E-state index < -0.39 is 0 Å². The van der Waals surface area contributed by atoms with Crippen LogP contribution in [-0.4, -0.2) is 23.0 Å². The molecule has 0 saturated heterocycles. The van der Waals surface area contributed by atoms with Gasteiger partial charge >= 0.3 is 0 Å². The minimum absolute atomic E-state index is 0.0682. The fourth-order valence-electron chi connectivity index (χ4n) is 2.19. The van der Waals surface area contributed by atoms with Crippen LogP contribution in [-0.2, 0) is 27.6 Å². The number of rotatable bonds is 11. The standard InChI is InChI=1S/C18H22ClIN2O4/c1-2-3-8-22-18(23)17(19)16(11-21-22)25-13-15-6-4-14(5-7-15)12-24-9-10-26-20/h4-7,11H,2-3,8-10,12-13H2,1H3. The van der Waals surface area contributed by atoms with Gasteiger partial charge in [0.15, 0.2) is 10.8 Å². The van der Waals surface area contributed by atoms with Crippen LogP contribution >= 0.6 is 34.6 Å². The molecule has 142 valence electrons. The fourth-order valence-corrected chi connectivity index (χ4v) is 2.57. The second kappa shape index (κ2) is 11.5. The minimum Gasteiger partial charge on any atom is -0.485 e. The summed E-state index contributed by atoms with van der Waals surface area (Å²) >= 11 is 7.97. The molecule has 1 aromatic carbocycles. The largest absolute Gasteiger partial charge is 0.485 e. The Kier molecular flexibility index (Phi) is 9.38. The molecule has 26 heavy (non-hydrogen) atoms. The summed E-state index contributed by atoms with van der Waals surface area (Å²) in [6.07, 6.45) is 3.36. The van der Waals surface area contributed by atoms with Crippen molar-refractivity contribution in [1.82, 2.24) is 9.78 Å². The van der Waals surface area contributed by atoms with Crippen LogP contribution in [0.5, 0.6) is 5.75 Å². The highest BCUT2D eigenvalue weighted by Crippen LogP contribution is 2.20. The molecule has 0 aliphatic rings. The average molecular weight is 493 g/mol. The van der Waals surface area contributed by atoms with E-state index in [4.69, 9.17) is 24.1 Å². The number of aryl methyl sites for hydroxylation is 1. The lowest BCUT2D eigenvalue weighted by Gasteiger charge is -2.10. The molecule has 0 spiro atoms. The summed E-state index contributed by atoms with van der Waals surface area (Å²) in [5.41, 5.74) is 1.72. The summed E-state index contributed by atoms with van der Waals surface area (Å²) in [6, 6.07) is 7.87. The van der Waals surface area contributed by atoms with Crippen molar-refractivity contribution in [2.24, 2.45) is 0 Å². The zero-order valence-corrected chi connectivity index (χ0v) is 17.5. The molecular formula is C18H22ClIN2O4. The van der Waals surface area contributed by atoms with Gasteiger partial charge in [-0.1, -0.05) is 49.2 Å². The Morgan fingerprint density at radius 3 is 2.50 bits per heavy atom. The molecule has 0 aliphatic heterocycles. The number of hydrogen-bond donors (Lipinski definition) is 0. The van der Waals surface area contributed by atoms with Gasteiger partial charge in [-0.15, -0.1) is 0 Å². The third-order valence-corrected chi connectivity index (χ3v) is 4.46. The van der Waals surface area contributed by atoms with Crippen molar-refractivity contribution in [3.8, 4) is 5.75 Å². The number of nitrogens with zero attached hydrogens (tertiary/aromatic N) is 2. The third-order valence-electron chi connectivity index (χ3n) is 3.67. The van der Waals surface area contributed by atoms with E-state index in [1.165, 1.54) is 10.9 Å². The number of benzene rings is 1. The fraction of sp³-hybridized carbons (Fsp3) is 0.444. The lowest BCUT2D eigenvalue weighted by atomic mass is 10.1. The summed E-state index contributed by atoms with van der Waals surface area (Å²) in [6.45, 7) is 4.59. The lowest BCUT2D eigenvalue weighted by Crippen LogP contribution is -2.23. The van der Waals surface area contributed by atoms with Gasteiger partial charge in [0.2, 0.25) is 0 Å². The summed E-state index contributed by atoms with van der Waals surface area (Å²) in [5, 5.41) is 4.19. The molecule has 1 heterocycles. The highest BCUT2D eigenvalue weighted by molar-refractivity contribution is 14.1. The number of ether oxygens (including phenoxy) is 2. The van der Waals surface area contributed by atoms with Crippen LogP contribution < -0.4 is 10.3 Å². The summed E-state index contributed by atoms with van der Waals surface area (Å²) in [5.74, 6) is 0.302. The molecule has 0 N–H and O–H groups in total. The number of unbranched alkanes of at least 4 members (excludes halogenated alkanes) is 1. The van der Waals surface area contributed by atoms with Gasteiger partial charge < -0.3 is 12.5 Å². The van der Waals surface area contributed by atoms with Gasteiger partial charge in [-0.05, 0) is 17.5 Å². The smallest absolute Gasteiger partial charge is 0.289 e. The average Bonchev–Trinajstić information content (AvgIpc) is 2.66. The lowest BCUT2D eigenvalue weighted by molar-refractivity contribution is 0.101. The van der Waals surface area contributed by atoms with E-state index in [9.17, 15) is 4.79 Å². The molecule has 0 unspecified atom stereocenters. The molecular weight excluding hydrogens is 471 g/mol. The Hall–Kier alpha value is -1.16. The molecule has 8 heteroatoms. The van der Waals surface area contributed by atoms with Crippen molar-refractivity contribution in [1.29, 1.82) is 0 Å². The van der Waals surface area contributed by atoms with E-state index in [2.05, 4.69) is 12.0 Å². The first kappa shape index (κ1) is 21.1. The number of hydrogen-bond acceptors (Lipinski definition) is 5. The van der Waals surface area contributed by atoms with Crippen molar-refractivity contribution in [3.63, 3.8) is 0 Å². The first-order valence-electron chi connectivity index (χ1n) is 8.43. The zero-order valence-electron chi connectivity index (χ0n) is 14.6. The normalized spacial score (nSPS) is 10.9. The van der Waals surface area contributed by atoms with Crippen LogP contribution in [0.2, 0.25) is 5.02 Å². The Labute approximate surface area is 172 Å². The van der Waals surface area contributed by atoms with Gasteiger partial charge in [0.05, 0.1) is 26.0 Å². The highest BCUT2D eigenvalue weighted by Gasteiger charge is 2.10. The summed E-state index contributed by atoms with van der Waals surface area (Å²) < 4.78 is 17.4. The van der Waals surface area contributed by atoms with Gasteiger partial charge in [0.1, 0.15) is 29.6 Å². The van der Waals surface area contributed by atoms with Crippen molar-refractivity contribution in [2.45, 2.75) is 39.5 Å². The van der Waals surface area contributed by atoms with E-state index in [0.717, 1.165) is 24.0 Å². The molecule has 0 amide bonds. The maximum Gasteiger partial charge on any atom is 0.289 e. The molecule has 0 radical (unpaired) electrons. The van der Waals surface area contributed by atoms with E-state index in [0.29, 0.717) is 38.7 Å². The van der Waals surface area contributed by atoms with Crippen molar-refractivity contribution in [2.75, 3.05) is 13.2 Å². The van der Waals surface area contributed by atoms with Crippen LogP contribution in [0.4, 0.5) is 0 Å². The van der Waals surface area contributed by atoms with Crippen LogP contribution in [0.15, 0.2) is 35.3 Å². The van der Waals surface area contributed by atoms with Gasteiger partial charge in [-0.3, -0.25) is 4.79 Å². The Bertz CT molecular complexity index is 737. The molecule has 1 aromatic heterocycles. The second-order valence-electron chi connectivity index (χ2n) is 5.68. The van der Waals surface area contributed by atoms with E-state index in [1.54, 1.807) is 0 Å². The van der Waals surface area contributed by atoms with E-state index >= 15 is 0 Å². The summed E-state index contributed by atoms with van der Waals surface area (Å²) in [4.78, 5) is 12.2. The monoisotopic (exact) mass is 492 g/mol. The van der Waals surface area contributed by atoms with Gasteiger partial charge in [0, 0.05) is 6.54 Å². The van der Waals surface area contributed by atoms with Crippen LogP contribution in [0, 0.1) is 0 Å². The molecule has 0 bridgehead atoms. The number of halogens is 2. The molecule has 0 aliphatic carbocycles. The molecule has 2 aromatic rings. The quantitative estimate of drug-likeness (QED) is 0.348. The van der Waals surface area contributed by atoms with Gasteiger partial charge in [0.25, 0.3) is 5.56 Å². The molecule has 6 nitrogen and oxygen atoms in total. The Balaban J connectivity index is 1.90. The Morgan fingerprint density at radius 1 is 1.15 bits per heavy atom. The molecule has 0 fully saturated rings. The highest BCUT2D eigenvalue weighted by atomic mass is 127. The van der Waals surface area contributed by atoms with Crippen LogP contribution in [0.3, 0.4) is 0 Å². The predicted octanol–water partition coefficient (Wildman–Crippen LogP) is 4.16. The van der Waals surface area contributed by atoms with Crippen molar-refractivity contribution < 1.29 is 12.5 Å². The zero-order chi connectivity index (χ0) is 18.8.